The Morgan fingerprint density at radius 1 is 1.08 bits per heavy atom. The first-order valence-electron chi connectivity index (χ1n) is 7.52. The van der Waals surface area contributed by atoms with E-state index in [-0.39, 0.29) is 18.3 Å². The van der Waals surface area contributed by atoms with Crippen LogP contribution in [-0.2, 0) is 11.2 Å². The molecule has 2 N–H and O–H groups in total. The summed E-state index contributed by atoms with van der Waals surface area (Å²) < 4.78 is 0. The number of nitrogens with zero attached hydrogens (tertiary/aromatic N) is 4. The summed E-state index contributed by atoms with van der Waals surface area (Å²) >= 11 is 0. The lowest BCUT2D eigenvalue weighted by Gasteiger charge is -2.14. The van der Waals surface area contributed by atoms with Gasteiger partial charge in [0.2, 0.25) is 5.91 Å². The summed E-state index contributed by atoms with van der Waals surface area (Å²) in [6, 6.07) is 17.2. The van der Waals surface area contributed by atoms with Crippen molar-refractivity contribution in [1.82, 2.24) is 15.2 Å². The van der Waals surface area contributed by atoms with Crippen molar-refractivity contribution in [3.8, 4) is 11.3 Å². The molecule has 0 aliphatic heterocycles. The number of rotatable bonds is 4. The predicted octanol–water partition coefficient (Wildman–Crippen LogP) is 2.30. The Morgan fingerprint density at radius 3 is 2.50 bits per heavy atom. The van der Waals surface area contributed by atoms with Gasteiger partial charge in [0.25, 0.3) is 5.95 Å². The number of carbonyl (C=O) groups is 1. The SMILES string of the molecule is Cc1ccc(-c2cnnc(N(N)C(=O)Cc3ccccc3)n2)cc1. The first-order valence-corrected chi connectivity index (χ1v) is 7.52. The molecule has 0 aliphatic carbocycles. The van der Waals surface area contributed by atoms with Crippen LogP contribution in [0.25, 0.3) is 11.3 Å². The van der Waals surface area contributed by atoms with Crippen molar-refractivity contribution >= 4 is 11.9 Å². The fraction of sp³-hybridized carbons (Fsp3) is 0.111. The van der Waals surface area contributed by atoms with Gasteiger partial charge in [-0.25, -0.2) is 15.8 Å². The molecular weight excluding hydrogens is 302 g/mol. The van der Waals surface area contributed by atoms with Crippen molar-refractivity contribution < 1.29 is 4.79 Å². The third kappa shape index (κ3) is 3.61. The van der Waals surface area contributed by atoms with E-state index >= 15 is 0 Å². The molecule has 120 valence electrons. The number of hydrazine groups is 1. The maximum atomic E-state index is 12.3. The Hall–Kier alpha value is -3.12. The Balaban J connectivity index is 1.80. The highest BCUT2D eigenvalue weighted by atomic mass is 16.2. The van der Waals surface area contributed by atoms with Crippen LogP contribution < -0.4 is 10.9 Å². The van der Waals surface area contributed by atoms with E-state index in [1.807, 2.05) is 61.5 Å². The molecule has 1 heterocycles. The highest BCUT2D eigenvalue weighted by Gasteiger charge is 2.16. The van der Waals surface area contributed by atoms with E-state index in [9.17, 15) is 4.79 Å². The molecule has 3 aromatic rings. The first-order chi connectivity index (χ1) is 11.6. The van der Waals surface area contributed by atoms with Crippen LogP contribution in [0, 0.1) is 6.92 Å². The molecule has 0 saturated heterocycles. The largest absolute Gasteiger partial charge is 0.273 e. The summed E-state index contributed by atoms with van der Waals surface area (Å²) in [5.74, 6) is 5.65. The van der Waals surface area contributed by atoms with Gasteiger partial charge in [0.1, 0.15) is 0 Å². The zero-order chi connectivity index (χ0) is 16.9. The van der Waals surface area contributed by atoms with Gasteiger partial charge < -0.3 is 0 Å². The number of hydrogen-bond acceptors (Lipinski definition) is 5. The van der Waals surface area contributed by atoms with Crippen LogP contribution >= 0.6 is 0 Å². The van der Waals surface area contributed by atoms with Gasteiger partial charge in [0.15, 0.2) is 0 Å². The van der Waals surface area contributed by atoms with Crippen molar-refractivity contribution in [2.45, 2.75) is 13.3 Å². The molecular formula is C18H17N5O. The van der Waals surface area contributed by atoms with Gasteiger partial charge in [0, 0.05) is 5.56 Å². The van der Waals surface area contributed by atoms with Gasteiger partial charge in [-0.3, -0.25) is 4.79 Å². The van der Waals surface area contributed by atoms with Gasteiger partial charge >= 0.3 is 0 Å². The van der Waals surface area contributed by atoms with Crippen LogP contribution in [0.15, 0.2) is 60.8 Å². The second kappa shape index (κ2) is 6.97. The number of anilines is 1. The topological polar surface area (TPSA) is 85.0 Å². The van der Waals surface area contributed by atoms with E-state index < -0.39 is 0 Å². The summed E-state index contributed by atoms with van der Waals surface area (Å²) in [5.41, 5.74) is 3.53. The molecule has 0 spiro atoms. The minimum absolute atomic E-state index is 0.0778. The second-order valence-corrected chi connectivity index (χ2v) is 5.43. The lowest BCUT2D eigenvalue weighted by molar-refractivity contribution is -0.118. The normalized spacial score (nSPS) is 10.4. The van der Waals surface area contributed by atoms with Crippen molar-refractivity contribution in [2.24, 2.45) is 5.84 Å². The molecule has 0 radical (unpaired) electrons. The minimum atomic E-state index is -0.302. The maximum Gasteiger partial charge on any atom is 0.267 e. The standard InChI is InChI=1S/C18H17N5O/c1-13-7-9-15(10-8-13)16-12-20-22-18(21-16)23(19)17(24)11-14-5-3-2-4-6-14/h2-10,12H,11,19H2,1H3. The molecule has 2 aromatic carbocycles. The summed E-state index contributed by atoms with van der Waals surface area (Å²) in [4.78, 5) is 16.6. The lowest BCUT2D eigenvalue weighted by atomic mass is 10.1. The number of aromatic nitrogens is 3. The number of nitrogens with two attached hydrogens (primary N) is 1. The Kier molecular flexibility index (Phi) is 4.58. The Bertz CT molecular complexity index is 834. The smallest absolute Gasteiger partial charge is 0.267 e. The van der Waals surface area contributed by atoms with Gasteiger partial charge in [-0.15, -0.1) is 5.10 Å². The van der Waals surface area contributed by atoms with Crippen LogP contribution in [0.1, 0.15) is 11.1 Å². The monoisotopic (exact) mass is 319 g/mol. The molecule has 1 amide bonds. The predicted molar refractivity (Wildman–Crippen MR) is 91.8 cm³/mol. The van der Waals surface area contributed by atoms with E-state index in [1.54, 1.807) is 6.20 Å². The second-order valence-electron chi connectivity index (χ2n) is 5.43. The molecule has 0 saturated carbocycles. The zero-order valence-corrected chi connectivity index (χ0v) is 13.3. The highest BCUT2D eigenvalue weighted by molar-refractivity contribution is 5.92. The molecule has 0 bridgehead atoms. The molecule has 0 unspecified atom stereocenters. The first kappa shape index (κ1) is 15.8. The third-order valence-electron chi connectivity index (χ3n) is 3.58. The van der Waals surface area contributed by atoms with E-state index in [0.717, 1.165) is 21.7 Å². The highest BCUT2D eigenvalue weighted by Crippen LogP contribution is 2.18. The summed E-state index contributed by atoms with van der Waals surface area (Å²) in [5, 5.41) is 8.71. The van der Waals surface area contributed by atoms with Gasteiger partial charge in [-0.2, -0.15) is 5.10 Å². The average molecular weight is 319 g/mol. The number of aryl methyl sites for hydroxylation is 1. The molecule has 1 aromatic heterocycles. The fourth-order valence-corrected chi connectivity index (χ4v) is 2.23. The Morgan fingerprint density at radius 2 is 1.79 bits per heavy atom. The molecule has 0 fully saturated rings. The van der Waals surface area contributed by atoms with Gasteiger partial charge in [-0.1, -0.05) is 60.2 Å². The quantitative estimate of drug-likeness (QED) is 0.453. The number of benzene rings is 2. The molecule has 0 atom stereocenters. The van der Waals surface area contributed by atoms with E-state index in [2.05, 4.69) is 15.2 Å². The van der Waals surface area contributed by atoms with E-state index in [1.165, 1.54) is 0 Å². The van der Waals surface area contributed by atoms with Crippen LogP contribution in [-0.4, -0.2) is 21.1 Å². The molecule has 6 heteroatoms. The van der Waals surface area contributed by atoms with Gasteiger partial charge in [-0.05, 0) is 12.5 Å². The molecule has 0 aliphatic rings. The molecule has 3 rings (SSSR count). The zero-order valence-electron chi connectivity index (χ0n) is 13.3. The van der Waals surface area contributed by atoms with Crippen molar-refractivity contribution in [3.63, 3.8) is 0 Å². The van der Waals surface area contributed by atoms with Crippen LogP contribution in [0.5, 0.6) is 0 Å². The molecule has 24 heavy (non-hydrogen) atoms. The fourth-order valence-electron chi connectivity index (χ4n) is 2.23. The van der Waals surface area contributed by atoms with Crippen molar-refractivity contribution in [3.05, 3.63) is 71.9 Å². The van der Waals surface area contributed by atoms with Crippen molar-refractivity contribution in [2.75, 3.05) is 5.01 Å². The van der Waals surface area contributed by atoms with Crippen LogP contribution in [0.2, 0.25) is 0 Å². The maximum absolute atomic E-state index is 12.3. The average Bonchev–Trinajstić information content (AvgIpc) is 2.62. The summed E-state index contributed by atoms with van der Waals surface area (Å²) in [6.07, 6.45) is 1.72. The van der Waals surface area contributed by atoms with Crippen molar-refractivity contribution in [1.29, 1.82) is 0 Å². The number of carbonyl (C=O) groups excluding carboxylic acids is 1. The third-order valence-corrected chi connectivity index (χ3v) is 3.58. The molecule has 6 nitrogen and oxygen atoms in total. The number of amides is 1. The van der Waals surface area contributed by atoms with E-state index in [0.29, 0.717) is 5.69 Å². The minimum Gasteiger partial charge on any atom is -0.273 e. The lowest BCUT2D eigenvalue weighted by Crippen LogP contribution is -2.40. The van der Waals surface area contributed by atoms with Crippen LogP contribution in [0.4, 0.5) is 5.95 Å². The van der Waals surface area contributed by atoms with Crippen LogP contribution in [0.3, 0.4) is 0 Å². The number of hydrogen-bond donors (Lipinski definition) is 1. The van der Waals surface area contributed by atoms with E-state index in [4.69, 9.17) is 5.84 Å². The van der Waals surface area contributed by atoms with Gasteiger partial charge in [0.05, 0.1) is 18.3 Å². The summed E-state index contributed by atoms with van der Waals surface area (Å²) in [6.45, 7) is 2.01. The Labute approximate surface area is 139 Å². The summed E-state index contributed by atoms with van der Waals surface area (Å²) in [7, 11) is 0.